The third kappa shape index (κ3) is 4.53. The van der Waals surface area contributed by atoms with E-state index in [0.29, 0.717) is 17.2 Å². The second-order valence-electron chi connectivity index (χ2n) is 4.18. The van der Waals surface area contributed by atoms with E-state index in [1.807, 2.05) is 18.2 Å². The Morgan fingerprint density at radius 3 is 2.57 bits per heavy atom. The van der Waals surface area contributed by atoms with Crippen LogP contribution in [-0.4, -0.2) is 22.1 Å². The molecule has 0 aliphatic heterocycles. The fourth-order valence-corrected chi connectivity index (χ4v) is 5.38. The summed E-state index contributed by atoms with van der Waals surface area (Å²) >= 11 is 7.86. The number of sulfonamides is 1. The third-order valence-corrected chi connectivity index (χ3v) is 6.93. The van der Waals surface area contributed by atoms with Crippen molar-refractivity contribution in [3.05, 3.63) is 44.2 Å². The number of ether oxygens (including phenoxy) is 1. The Bertz CT molecular complexity index is 729. The van der Waals surface area contributed by atoms with Crippen molar-refractivity contribution in [3.63, 3.8) is 0 Å². The van der Waals surface area contributed by atoms with Gasteiger partial charge in [0.25, 0.3) is 0 Å². The molecule has 1 aromatic carbocycles. The fraction of sp³-hybridized carbons (Fsp3) is 0.231. The molecule has 0 spiro atoms. The minimum atomic E-state index is -3.43. The first-order valence-electron chi connectivity index (χ1n) is 6.00. The molecule has 1 aromatic heterocycles. The first-order valence-corrected chi connectivity index (χ1v) is 9.88. The lowest BCUT2D eigenvalue weighted by molar-refractivity contribution is 0.412. The Morgan fingerprint density at radius 2 is 2.00 bits per heavy atom. The molecule has 0 bridgehead atoms. The van der Waals surface area contributed by atoms with E-state index in [0.717, 1.165) is 19.6 Å². The van der Waals surface area contributed by atoms with Gasteiger partial charge < -0.3 is 4.74 Å². The Labute approximate surface area is 144 Å². The summed E-state index contributed by atoms with van der Waals surface area (Å²) < 4.78 is 33.8. The smallest absolute Gasteiger partial charge is 0.250 e. The number of rotatable bonds is 6. The number of hydrogen-bond donors (Lipinski definition) is 1. The van der Waals surface area contributed by atoms with Gasteiger partial charge in [0.2, 0.25) is 10.0 Å². The number of methoxy groups -OCH3 is 1. The zero-order valence-corrected chi connectivity index (χ0v) is 15.9. The predicted octanol–water partition coefficient (Wildman–Crippen LogP) is 3.80. The van der Waals surface area contributed by atoms with Crippen LogP contribution in [0, 0.1) is 0 Å². The van der Waals surface area contributed by atoms with E-state index in [4.69, 9.17) is 4.74 Å². The third-order valence-electron chi connectivity index (χ3n) is 2.74. The lowest BCUT2D eigenvalue weighted by atomic mass is 10.1. The molecule has 114 valence electrons. The van der Waals surface area contributed by atoms with E-state index in [-0.39, 0.29) is 0 Å². The second kappa shape index (κ2) is 7.23. The van der Waals surface area contributed by atoms with Crippen molar-refractivity contribution in [2.24, 2.45) is 0 Å². The zero-order valence-electron chi connectivity index (χ0n) is 11.1. The van der Waals surface area contributed by atoms with Crippen molar-refractivity contribution < 1.29 is 13.2 Å². The lowest BCUT2D eigenvalue weighted by Gasteiger charge is -2.07. The molecule has 2 aromatic rings. The van der Waals surface area contributed by atoms with Gasteiger partial charge in [-0.05, 0) is 68.1 Å². The van der Waals surface area contributed by atoms with Gasteiger partial charge in [0.1, 0.15) is 9.96 Å². The van der Waals surface area contributed by atoms with Crippen LogP contribution in [0.4, 0.5) is 0 Å². The molecule has 0 fully saturated rings. The van der Waals surface area contributed by atoms with Crippen molar-refractivity contribution in [3.8, 4) is 5.75 Å². The first kappa shape index (κ1) is 17.0. The molecule has 2 rings (SSSR count). The fourth-order valence-electron chi connectivity index (χ4n) is 1.71. The average Bonchev–Trinajstić information content (AvgIpc) is 2.86. The van der Waals surface area contributed by atoms with Crippen LogP contribution in [0.1, 0.15) is 5.56 Å². The highest BCUT2D eigenvalue weighted by Crippen LogP contribution is 2.27. The van der Waals surface area contributed by atoms with Gasteiger partial charge in [-0.25, -0.2) is 13.1 Å². The van der Waals surface area contributed by atoms with Crippen molar-refractivity contribution >= 4 is 53.2 Å². The van der Waals surface area contributed by atoms with Crippen LogP contribution in [0.3, 0.4) is 0 Å². The van der Waals surface area contributed by atoms with E-state index in [1.165, 1.54) is 11.3 Å². The number of benzene rings is 1. The van der Waals surface area contributed by atoms with Crippen molar-refractivity contribution in [1.82, 2.24) is 4.72 Å². The highest BCUT2D eigenvalue weighted by molar-refractivity contribution is 9.11. The van der Waals surface area contributed by atoms with Crippen molar-refractivity contribution in [2.75, 3.05) is 13.7 Å². The molecule has 1 heterocycles. The second-order valence-corrected chi connectivity index (χ2v) is 9.49. The van der Waals surface area contributed by atoms with E-state index >= 15 is 0 Å². The van der Waals surface area contributed by atoms with Crippen LogP contribution in [0.5, 0.6) is 5.75 Å². The summed E-state index contributed by atoms with van der Waals surface area (Å²) in [7, 11) is -1.83. The topological polar surface area (TPSA) is 55.4 Å². The predicted molar refractivity (Wildman–Crippen MR) is 91.6 cm³/mol. The Hall–Kier alpha value is -0.410. The van der Waals surface area contributed by atoms with Gasteiger partial charge in [0, 0.05) is 6.54 Å². The molecule has 0 saturated heterocycles. The first-order chi connectivity index (χ1) is 9.92. The molecule has 0 aliphatic rings. The van der Waals surface area contributed by atoms with Crippen LogP contribution < -0.4 is 9.46 Å². The molecule has 0 aliphatic carbocycles. The molecule has 0 radical (unpaired) electrons. The molecule has 8 heteroatoms. The summed E-state index contributed by atoms with van der Waals surface area (Å²) in [5.41, 5.74) is 1.03. The van der Waals surface area contributed by atoms with Crippen molar-refractivity contribution in [1.29, 1.82) is 0 Å². The molecule has 0 amide bonds. The standard InChI is InChI=1S/C13H13Br2NO3S2/c1-19-11-3-2-9(8-10(11)14)6-7-16-21(17,18)13-5-4-12(15)20-13/h2-5,8,16H,6-7H2,1H3. The number of halogens is 2. The van der Waals surface area contributed by atoms with E-state index in [2.05, 4.69) is 36.6 Å². The van der Waals surface area contributed by atoms with Gasteiger partial charge in [-0.2, -0.15) is 0 Å². The maximum Gasteiger partial charge on any atom is 0.250 e. The molecule has 0 atom stereocenters. The zero-order chi connectivity index (χ0) is 15.5. The maximum absolute atomic E-state index is 12.1. The van der Waals surface area contributed by atoms with Gasteiger partial charge in [0.15, 0.2) is 0 Å². The minimum Gasteiger partial charge on any atom is -0.496 e. The van der Waals surface area contributed by atoms with Crippen molar-refractivity contribution in [2.45, 2.75) is 10.6 Å². The normalized spacial score (nSPS) is 11.6. The van der Waals surface area contributed by atoms with Crippen LogP contribution >= 0.6 is 43.2 Å². The molecule has 0 saturated carbocycles. The summed E-state index contributed by atoms with van der Waals surface area (Å²) in [5.74, 6) is 0.753. The lowest BCUT2D eigenvalue weighted by Crippen LogP contribution is -2.25. The van der Waals surface area contributed by atoms with Gasteiger partial charge in [0.05, 0.1) is 15.4 Å². The maximum atomic E-state index is 12.1. The summed E-state index contributed by atoms with van der Waals surface area (Å²) in [5, 5.41) is 0. The number of nitrogens with one attached hydrogen (secondary N) is 1. The van der Waals surface area contributed by atoms with Gasteiger partial charge >= 0.3 is 0 Å². The molecule has 21 heavy (non-hydrogen) atoms. The molecule has 4 nitrogen and oxygen atoms in total. The van der Waals surface area contributed by atoms with Crippen LogP contribution in [0.2, 0.25) is 0 Å². The van der Waals surface area contributed by atoms with Crippen LogP contribution in [0.15, 0.2) is 42.8 Å². The van der Waals surface area contributed by atoms with Gasteiger partial charge in [-0.15, -0.1) is 11.3 Å². The molecule has 0 unspecified atom stereocenters. The minimum absolute atomic E-state index is 0.310. The summed E-state index contributed by atoms with van der Waals surface area (Å²) in [6, 6.07) is 9.00. The SMILES string of the molecule is COc1ccc(CCNS(=O)(=O)c2ccc(Br)s2)cc1Br. The summed E-state index contributed by atoms with van der Waals surface area (Å²) in [4.78, 5) is 0. The van der Waals surface area contributed by atoms with E-state index in [9.17, 15) is 8.42 Å². The largest absolute Gasteiger partial charge is 0.496 e. The summed E-state index contributed by atoms with van der Waals surface area (Å²) in [6.07, 6.45) is 0.606. The van der Waals surface area contributed by atoms with Crippen LogP contribution in [-0.2, 0) is 16.4 Å². The Balaban J connectivity index is 1.96. The Kier molecular flexibility index (Phi) is 5.84. The highest BCUT2D eigenvalue weighted by atomic mass is 79.9. The summed E-state index contributed by atoms with van der Waals surface area (Å²) in [6.45, 7) is 0.344. The molecular formula is C13H13Br2NO3S2. The number of hydrogen-bond acceptors (Lipinski definition) is 4. The molecule has 1 N–H and O–H groups in total. The monoisotopic (exact) mass is 453 g/mol. The highest BCUT2D eigenvalue weighted by Gasteiger charge is 2.15. The number of thiophene rings is 1. The average molecular weight is 455 g/mol. The Morgan fingerprint density at radius 1 is 1.24 bits per heavy atom. The quantitative estimate of drug-likeness (QED) is 0.722. The van der Waals surface area contributed by atoms with E-state index in [1.54, 1.807) is 19.2 Å². The van der Waals surface area contributed by atoms with Gasteiger partial charge in [-0.1, -0.05) is 6.07 Å². The van der Waals surface area contributed by atoms with E-state index < -0.39 is 10.0 Å². The van der Waals surface area contributed by atoms with Gasteiger partial charge in [-0.3, -0.25) is 0 Å². The van der Waals surface area contributed by atoms with Crippen LogP contribution in [0.25, 0.3) is 0 Å². The molecular weight excluding hydrogens is 442 g/mol.